The molecule has 1 fully saturated rings. The molecular weight excluding hydrogens is 448 g/mol. The molecule has 2 aliphatic rings. The molecule has 4 heterocycles. The molecule has 0 unspecified atom stereocenters. The Labute approximate surface area is 202 Å². The lowest BCUT2D eigenvalue weighted by Crippen LogP contribution is -2.46. The molecule has 0 atom stereocenters. The summed E-state index contributed by atoms with van der Waals surface area (Å²) in [5, 5.41) is 7.14. The largest absolute Gasteiger partial charge is 0.371 e. The van der Waals surface area contributed by atoms with Crippen molar-refractivity contribution in [2.24, 2.45) is 11.0 Å². The Bertz CT molecular complexity index is 1330. The van der Waals surface area contributed by atoms with Gasteiger partial charge >= 0.3 is 0 Å². The van der Waals surface area contributed by atoms with Crippen LogP contribution < -0.4 is 15.9 Å². The number of hydrazone groups is 1. The molecule has 2 aromatic heterocycles. The Balaban J connectivity index is 1.09. The Kier molecular flexibility index (Phi) is 5.52. The fraction of sp³-hybridized carbons (Fsp3) is 0.240. The third kappa shape index (κ3) is 4.18. The van der Waals surface area contributed by atoms with Gasteiger partial charge in [0.15, 0.2) is 5.84 Å². The van der Waals surface area contributed by atoms with Crippen LogP contribution in [0.25, 0.3) is 22.4 Å². The van der Waals surface area contributed by atoms with E-state index >= 15 is 0 Å². The van der Waals surface area contributed by atoms with E-state index in [0.717, 1.165) is 66.3 Å². The number of rotatable bonds is 5. The fourth-order valence-corrected chi connectivity index (χ4v) is 4.86. The molecule has 0 bridgehead atoms. The Hall–Kier alpha value is -3.62. The second-order valence-electron chi connectivity index (χ2n) is 8.72. The first-order valence-corrected chi connectivity index (χ1v) is 11.9. The fourth-order valence-electron chi connectivity index (χ4n) is 4.64. The first-order valence-electron chi connectivity index (χ1n) is 11.5. The van der Waals surface area contributed by atoms with Gasteiger partial charge in [-0.2, -0.15) is 0 Å². The Morgan fingerprint density at radius 1 is 0.971 bits per heavy atom. The second-order valence-corrected chi connectivity index (χ2v) is 9.13. The smallest absolute Gasteiger partial charge is 0.170 e. The number of benzene rings is 2. The van der Waals surface area contributed by atoms with Crippen molar-refractivity contribution < 1.29 is 0 Å². The zero-order valence-corrected chi connectivity index (χ0v) is 19.3. The molecule has 4 aromatic rings. The van der Waals surface area contributed by atoms with Crippen LogP contribution in [0.3, 0.4) is 0 Å². The number of anilines is 1. The molecule has 6 rings (SSSR count). The van der Waals surface area contributed by atoms with E-state index in [4.69, 9.17) is 11.6 Å². The standard InChI is InChI=1S/C25H25ClN8/c26-21-5-2-6-22-23(21)29-24(28-22)18-3-1-4-19(15-18)25-30-32-34(31-25)16-17-9-13-33(14-10-17)20-7-11-27-12-8-20/h1-8,11-12,15,17,32H,9-10,13-14,16H2,(H,28,29)(H,30,31). The maximum absolute atomic E-state index is 6.30. The minimum atomic E-state index is 0.597. The molecule has 34 heavy (non-hydrogen) atoms. The predicted molar refractivity (Wildman–Crippen MR) is 135 cm³/mol. The van der Waals surface area contributed by atoms with Gasteiger partial charge in [-0.25, -0.2) is 10.5 Å². The van der Waals surface area contributed by atoms with E-state index < -0.39 is 0 Å². The topological polar surface area (TPSA) is 84.5 Å². The molecule has 8 nitrogen and oxygen atoms in total. The lowest BCUT2D eigenvalue weighted by atomic mass is 9.96. The summed E-state index contributed by atoms with van der Waals surface area (Å²) in [4.78, 5) is 14.6. The Morgan fingerprint density at radius 2 is 1.76 bits per heavy atom. The number of para-hydroxylation sites is 1. The van der Waals surface area contributed by atoms with Gasteiger partial charge in [0.1, 0.15) is 11.3 Å². The molecule has 3 N–H and O–H groups in total. The number of hydrazine groups is 2. The van der Waals surface area contributed by atoms with Gasteiger partial charge in [-0.3, -0.25) is 10.4 Å². The first-order chi connectivity index (χ1) is 16.7. The zero-order valence-electron chi connectivity index (χ0n) is 18.6. The molecule has 0 radical (unpaired) electrons. The molecule has 2 aromatic carbocycles. The molecular formula is C25H25ClN8. The summed E-state index contributed by atoms with van der Waals surface area (Å²) < 4.78 is 0. The van der Waals surface area contributed by atoms with Gasteiger partial charge in [-0.15, -0.1) is 10.2 Å². The van der Waals surface area contributed by atoms with E-state index in [2.05, 4.69) is 54.1 Å². The monoisotopic (exact) mass is 472 g/mol. The number of aromatic amines is 1. The van der Waals surface area contributed by atoms with Crippen molar-refractivity contribution in [1.29, 1.82) is 0 Å². The average Bonchev–Trinajstić information content (AvgIpc) is 3.54. The van der Waals surface area contributed by atoms with E-state index in [1.807, 2.05) is 53.9 Å². The normalized spacial score (nSPS) is 17.0. The second kappa shape index (κ2) is 8.96. The number of nitrogens with one attached hydrogen (secondary N) is 3. The van der Waals surface area contributed by atoms with Gasteiger partial charge in [0, 0.05) is 48.8 Å². The minimum absolute atomic E-state index is 0.597. The van der Waals surface area contributed by atoms with E-state index in [-0.39, 0.29) is 0 Å². The highest BCUT2D eigenvalue weighted by Gasteiger charge is 2.24. The lowest BCUT2D eigenvalue weighted by Gasteiger charge is -2.34. The quantitative estimate of drug-likeness (QED) is 0.404. The van der Waals surface area contributed by atoms with Crippen molar-refractivity contribution in [3.63, 3.8) is 0 Å². The molecule has 0 saturated carbocycles. The van der Waals surface area contributed by atoms with E-state index in [0.29, 0.717) is 10.9 Å². The van der Waals surface area contributed by atoms with Crippen LogP contribution in [0.1, 0.15) is 18.4 Å². The van der Waals surface area contributed by atoms with Crippen molar-refractivity contribution in [3.8, 4) is 11.4 Å². The molecule has 1 saturated heterocycles. The minimum Gasteiger partial charge on any atom is -0.371 e. The third-order valence-electron chi connectivity index (χ3n) is 6.48. The van der Waals surface area contributed by atoms with Gasteiger partial charge in [-0.1, -0.05) is 35.9 Å². The first kappa shape index (κ1) is 20.9. The van der Waals surface area contributed by atoms with Crippen LogP contribution in [0.15, 0.2) is 72.1 Å². The lowest BCUT2D eigenvalue weighted by molar-refractivity contribution is 0.137. The molecule has 0 spiro atoms. The van der Waals surface area contributed by atoms with Gasteiger partial charge < -0.3 is 9.88 Å². The number of hydrogen-bond donors (Lipinski definition) is 3. The van der Waals surface area contributed by atoms with Crippen LogP contribution in [0.2, 0.25) is 5.02 Å². The summed E-state index contributed by atoms with van der Waals surface area (Å²) in [6.45, 7) is 3.00. The summed E-state index contributed by atoms with van der Waals surface area (Å²) in [7, 11) is 0. The summed E-state index contributed by atoms with van der Waals surface area (Å²) in [6, 6.07) is 18.1. The van der Waals surface area contributed by atoms with Crippen LogP contribution in [0, 0.1) is 5.92 Å². The van der Waals surface area contributed by atoms with Crippen LogP contribution in [0.5, 0.6) is 0 Å². The van der Waals surface area contributed by atoms with E-state index in [9.17, 15) is 0 Å². The predicted octanol–water partition coefficient (Wildman–Crippen LogP) is 4.18. The number of pyridine rings is 1. The highest BCUT2D eigenvalue weighted by Crippen LogP contribution is 2.27. The van der Waals surface area contributed by atoms with Crippen molar-refractivity contribution >= 4 is 34.2 Å². The van der Waals surface area contributed by atoms with Gasteiger partial charge in [0.25, 0.3) is 0 Å². The number of H-pyrrole nitrogens is 1. The number of fused-ring (bicyclic) bond motifs is 1. The summed E-state index contributed by atoms with van der Waals surface area (Å²) in [5.74, 6) is 2.18. The van der Waals surface area contributed by atoms with Crippen molar-refractivity contribution in [2.45, 2.75) is 12.8 Å². The van der Waals surface area contributed by atoms with E-state index in [1.54, 1.807) is 0 Å². The highest BCUT2D eigenvalue weighted by molar-refractivity contribution is 6.35. The zero-order chi connectivity index (χ0) is 22.9. The van der Waals surface area contributed by atoms with Gasteiger partial charge in [-0.05, 0) is 49.1 Å². The average molecular weight is 473 g/mol. The van der Waals surface area contributed by atoms with Crippen LogP contribution in [-0.4, -0.2) is 45.5 Å². The van der Waals surface area contributed by atoms with Gasteiger partial charge in [0.2, 0.25) is 0 Å². The van der Waals surface area contributed by atoms with Crippen molar-refractivity contribution in [3.05, 3.63) is 77.6 Å². The number of piperidine rings is 1. The van der Waals surface area contributed by atoms with E-state index in [1.165, 1.54) is 5.69 Å². The number of halogens is 1. The molecule has 172 valence electrons. The number of aromatic nitrogens is 3. The number of nitrogens with zero attached hydrogens (tertiary/aromatic N) is 5. The van der Waals surface area contributed by atoms with Crippen LogP contribution >= 0.6 is 11.6 Å². The maximum atomic E-state index is 6.30. The number of imidazole rings is 1. The summed E-state index contributed by atoms with van der Waals surface area (Å²) >= 11 is 6.30. The summed E-state index contributed by atoms with van der Waals surface area (Å²) in [5.41, 5.74) is 11.5. The van der Waals surface area contributed by atoms with Gasteiger partial charge in [0.05, 0.1) is 10.5 Å². The van der Waals surface area contributed by atoms with Crippen LogP contribution in [0.4, 0.5) is 5.69 Å². The maximum Gasteiger partial charge on any atom is 0.170 e. The number of amidine groups is 1. The molecule has 9 heteroatoms. The highest BCUT2D eigenvalue weighted by atomic mass is 35.5. The summed E-state index contributed by atoms with van der Waals surface area (Å²) in [6.07, 6.45) is 6.00. The Morgan fingerprint density at radius 3 is 2.59 bits per heavy atom. The third-order valence-corrected chi connectivity index (χ3v) is 6.78. The van der Waals surface area contributed by atoms with Crippen LogP contribution in [-0.2, 0) is 0 Å². The van der Waals surface area contributed by atoms with Crippen molar-refractivity contribution in [2.75, 3.05) is 24.5 Å². The molecule has 2 aliphatic heterocycles. The molecule has 0 amide bonds. The molecule has 0 aliphatic carbocycles. The SMILES string of the molecule is Clc1cccc2[nH]c(-c3cccc(C4=NNN(CC5CCN(c6ccncc6)CC5)N4)c3)nc12. The number of hydrogen-bond acceptors (Lipinski definition) is 7. The van der Waals surface area contributed by atoms with Crippen molar-refractivity contribution in [1.82, 2.24) is 31.0 Å².